The fraction of sp³-hybridized carbons (Fsp3) is 0.231. The molecule has 1 aromatic carbocycles. The summed E-state index contributed by atoms with van der Waals surface area (Å²) in [6, 6.07) is 7.03. The van der Waals surface area contributed by atoms with E-state index in [0.29, 0.717) is 22.2 Å². The van der Waals surface area contributed by atoms with Gasteiger partial charge in [-0.1, -0.05) is 23.7 Å². The molecule has 0 aliphatic carbocycles. The number of aromatic nitrogens is 6. The van der Waals surface area contributed by atoms with E-state index in [1.165, 1.54) is 12.7 Å². The van der Waals surface area contributed by atoms with Gasteiger partial charge in [-0.2, -0.15) is 10.2 Å². The van der Waals surface area contributed by atoms with Gasteiger partial charge < -0.3 is 5.11 Å². The molecular weight excluding hydrogens is 292 g/mol. The van der Waals surface area contributed by atoms with Crippen LogP contribution in [0.25, 0.3) is 0 Å². The standard InChI is InChI=1S/C13H13ClN6O/c14-10-3-1-9(2-4-10)13(21,5-11-15-7-17-19-11)6-12-16-8-18-20-12/h1-4,7-8,21H,5-6H2,(H,15,17,19)(H,16,18,20). The van der Waals surface area contributed by atoms with Gasteiger partial charge in [0.25, 0.3) is 0 Å². The lowest BCUT2D eigenvalue weighted by Gasteiger charge is -2.26. The summed E-state index contributed by atoms with van der Waals surface area (Å²) >= 11 is 5.91. The van der Waals surface area contributed by atoms with Crippen molar-refractivity contribution in [3.63, 3.8) is 0 Å². The van der Waals surface area contributed by atoms with Crippen LogP contribution in [0.2, 0.25) is 5.02 Å². The fourth-order valence-corrected chi connectivity index (χ4v) is 2.32. The second kappa shape index (κ2) is 5.63. The minimum absolute atomic E-state index is 0.243. The molecule has 21 heavy (non-hydrogen) atoms. The van der Waals surface area contributed by atoms with Crippen LogP contribution in [-0.2, 0) is 18.4 Å². The van der Waals surface area contributed by atoms with Crippen molar-refractivity contribution in [1.82, 2.24) is 30.4 Å². The maximum absolute atomic E-state index is 11.1. The number of hydrogen-bond donors (Lipinski definition) is 3. The molecule has 3 rings (SSSR count). The molecule has 0 fully saturated rings. The molecule has 0 bridgehead atoms. The lowest BCUT2D eigenvalue weighted by Crippen LogP contribution is -2.32. The van der Waals surface area contributed by atoms with Gasteiger partial charge in [0.15, 0.2) is 11.6 Å². The highest BCUT2D eigenvalue weighted by Crippen LogP contribution is 2.29. The molecular formula is C13H13ClN6O. The van der Waals surface area contributed by atoms with E-state index in [1.54, 1.807) is 24.3 Å². The third-order valence-corrected chi connectivity index (χ3v) is 3.46. The third-order valence-electron chi connectivity index (χ3n) is 3.21. The van der Waals surface area contributed by atoms with E-state index in [1.807, 2.05) is 0 Å². The van der Waals surface area contributed by atoms with E-state index < -0.39 is 5.60 Å². The first kappa shape index (κ1) is 13.7. The minimum Gasteiger partial charge on any atom is -0.384 e. The van der Waals surface area contributed by atoms with Gasteiger partial charge in [-0.3, -0.25) is 10.2 Å². The molecule has 8 heteroatoms. The zero-order valence-corrected chi connectivity index (χ0v) is 11.7. The molecule has 0 aliphatic rings. The Kier molecular flexibility index (Phi) is 3.68. The van der Waals surface area contributed by atoms with Gasteiger partial charge in [0.1, 0.15) is 18.3 Å². The second-order valence-electron chi connectivity index (χ2n) is 4.72. The Hall–Kier alpha value is -2.25. The van der Waals surface area contributed by atoms with Gasteiger partial charge >= 0.3 is 0 Å². The first-order chi connectivity index (χ1) is 10.2. The number of halogens is 1. The summed E-state index contributed by atoms with van der Waals surface area (Å²) in [5.41, 5.74) is -0.504. The van der Waals surface area contributed by atoms with Gasteiger partial charge in [0, 0.05) is 17.9 Å². The van der Waals surface area contributed by atoms with Crippen molar-refractivity contribution in [2.75, 3.05) is 0 Å². The number of aliphatic hydroxyl groups is 1. The second-order valence-corrected chi connectivity index (χ2v) is 5.16. The van der Waals surface area contributed by atoms with Gasteiger partial charge in [-0.15, -0.1) is 0 Å². The van der Waals surface area contributed by atoms with E-state index in [-0.39, 0.29) is 12.8 Å². The molecule has 0 saturated carbocycles. The third kappa shape index (κ3) is 3.09. The highest BCUT2D eigenvalue weighted by atomic mass is 35.5. The van der Waals surface area contributed by atoms with Crippen LogP contribution in [0.4, 0.5) is 0 Å². The number of rotatable bonds is 5. The van der Waals surface area contributed by atoms with Crippen molar-refractivity contribution in [3.8, 4) is 0 Å². The Labute approximate surface area is 125 Å². The summed E-state index contributed by atoms with van der Waals surface area (Å²) in [6.45, 7) is 0. The molecule has 2 heterocycles. The summed E-state index contributed by atoms with van der Waals surface area (Å²) in [7, 11) is 0. The van der Waals surface area contributed by atoms with Crippen LogP contribution < -0.4 is 0 Å². The molecule has 0 aliphatic heterocycles. The average molecular weight is 305 g/mol. The van der Waals surface area contributed by atoms with Gasteiger partial charge in [-0.05, 0) is 17.7 Å². The predicted octanol–water partition coefficient (Wildman–Crippen LogP) is 1.25. The zero-order valence-electron chi connectivity index (χ0n) is 11.0. The summed E-state index contributed by atoms with van der Waals surface area (Å²) < 4.78 is 0. The van der Waals surface area contributed by atoms with Crippen molar-refractivity contribution < 1.29 is 5.11 Å². The SMILES string of the molecule is OC(Cc1nc[nH]n1)(Cc1nc[nH]n1)c1ccc(Cl)cc1. The van der Waals surface area contributed by atoms with Crippen LogP contribution in [0.5, 0.6) is 0 Å². The first-order valence-electron chi connectivity index (χ1n) is 6.33. The molecule has 0 spiro atoms. The molecule has 108 valence electrons. The maximum atomic E-state index is 11.1. The number of H-pyrrole nitrogens is 2. The summed E-state index contributed by atoms with van der Waals surface area (Å²) in [5, 5.41) is 25.0. The van der Waals surface area contributed by atoms with E-state index in [4.69, 9.17) is 11.6 Å². The molecule has 2 aromatic heterocycles. The average Bonchev–Trinajstić information content (AvgIpc) is 3.13. The van der Waals surface area contributed by atoms with Crippen LogP contribution in [0.1, 0.15) is 17.2 Å². The largest absolute Gasteiger partial charge is 0.384 e. The Bertz CT molecular complexity index is 644. The summed E-state index contributed by atoms with van der Waals surface area (Å²) in [6.07, 6.45) is 3.44. The molecule has 0 unspecified atom stereocenters. The van der Waals surface area contributed by atoms with E-state index >= 15 is 0 Å². The lowest BCUT2D eigenvalue weighted by atomic mass is 9.86. The Morgan fingerprint density at radius 3 is 1.90 bits per heavy atom. The van der Waals surface area contributed by atoms with Crippen molar-refractivity contribution in [3.05, 3.63) is 59.2 Å². The lowest BCUT2D eigenvalue weighted by molar-refractivity contribution is 0.0332. The number of benzene rings is 1. The highest BCUT2D eigenvalue weighted by molar-refractivity contribution is 6.30. The predicted molar refractivity (Wildman–Crippen MR) is 75.5 cm³/mol. The molecule has 0 amide bonds. The van der Waals surface area contributed by atoms with E-state index in [9.17, 15) is 5.11 Å². The molecule has 3 N–H and O–H groups in total. The Morgan fingerprint density at radius 2 is 1.48 bits per heavy atom. The van der Waals surface area contributed by atoms with Gasteiger partial charge in [0.05, 0.1) is 0 Å². The van der Waals surface area contributed by atoms with Crippen LogP contribution >= 0.6 is 11.6 Å². The number of hydrogen-bond acceptors (Lipinski definition) is 5. The van der Waals surface area contributed by atoms with Crippen LogP contribution in [0.15, 0.2) is 36.9 Å². The topological polar surface area (TPSA) is 103 Å². The van der Waals surface area contributed by atoms with Crippen LogP contribution in [0.3, 0.4) is 0 Å². The fourth-order valence-electron chi connectivity index (χ4n) is 2.19. The quantitative estimate of drug-likeness (QED) is 0.658. The highest BCUT2D eigenvalue weighted by Gasteiger charge is 2.33. The Balaban J connectivity index is 1.94. The normalized spacial score (nSPS) is 11.7. The molecule has 0 radical (unpaired) electrons. The number of nitrogens with zero attached hydrogens (tertiary/aromatic N) is 4. The van der Waals surface area contributed by atoms with E-state index in [0.717, 1.165) is 0 Å². The van der Waals surface area contributed by atoms with E-state index in [2.05, 4.69) is 30.4 Å². The van der Waals surface area contributed by atoms with Crippen molar-refractivity contribution in [2.24, 2.45) is 0 Å². The Morgan fingerprint density at radius 1 is 0.952 bits per heavy atom. The number of nitrogens with one attached hydrogen (secondary N) is 2. The van der Waals surface area contributed by atoms with Gasteiger partial charge in [0.2, 0.25) is 0 Å². The monoisotopic (exact) mass is 304 g/mol. The molecule has 0 saturated heterocycles. The minimum atomic E-state index is -1.21. The first-order valence-corrected chi connectivity index (χ1v) is 6.71. The summed E-state index contributed by atoms with van der Waals surface area (Å²) in [5.74, 6) is 1.03. The maximum Gasteiger partial charge on any atom is 0.153 e. The van der Waals surface area contributed by atoms with Crippen LogP contribution in [-0.4, -0.2) is 35.5 Å². The molecule has 3 aromatic rings. The zero-order chi connectivity index (χ0) is 14.7. The van der Waals surface area contributed by atoms with Crippen molar-refractivity contribution in [2.45, 2.75) is 18.4 Å². The molecule has 7 nitrogen and oxygen atoms in total. The van der Waals surface area contributed by atoms with Gasteiger partial charge in [-0.25, -0.2) is 9.97 Å². The molecule has 0 atom stereocenters. The smallest absolute Gasteiger partial charge is 0.153 e. The number of aromatic amines is 2. The summed E-state index contributed by atoms with van der Waals surface area (Å²) in [4.78, 5) is 8.14. The van der Waals surface area contributed by atoms with Crippen molar-refractivity contribution in [1.29, 1.82) is 0 Å². The van der Waals surface area contributed by atoms with Crippen molar-refractivity contribution >= 4 is 11.6 Å². The van der Waals surface area contributed by atoms with Crippen LogP contribution in [0, 0.1) is 0 Å².